The SMILES string of the molecule is Nc1cc(C(=O)OC2CCOC3(CCC3)C2)ccc1F. The van der Waals surface area contributed by atoms with E-state index in [4.69, 9.17) is 15.2 Å². The van der Waals surface area contributed by atoms with E-state index < -0.39 is 11.8 Å². The van der Waals surface area contributed by atoms with Gasteiger partial charge >= 0.3 is 5.97 Å². The number of anilines is 1. The third-order valence-corrected chi connectivity index (χ3v) is 4.22. The Labute approximate surface area is 117 Å². The zero-order chi connectivity index (χ0) is 14.2. The third-order valence-electron chi connectivity index (χ3n) is 4.22. The molecule has 2 fully saturated rings. The van der Waals surface area contributed by atoms with E-state index in [0.29, 0.717) is 13.0 Å². The van der Waals surface area contributed by atoms with Crippen molar-refractivity contribution in [2.45, 2.75) is 43.8 Å². The standard InChI is InChI=1S/C15H18FNO3/c16-12-3-2-10(8-13(12)17)14(18)20-11-4-7-19-15(9-11)5-1-6-15/h2-3,8,11H,1,4-7,9,17H2. The van der Waals surface area contributed by atoms with Crippen LogP contribution in [-0.2, 0) is 9.47 Å². The molecule has 1 unspecified atom stereocenters. The molecule has 1 saturated heterocycles. The average Bonchev–Trinajstić information content (AvgIpc) is 2.40. The predicted octanol–water partition coefficient (Wildman–Crippen LogP) is 2.67. The molecule has 1 atom stereocenters. The number of hydrogen-bond acceptors (Lipinski definition) is 4. The van der Waals surface area contributed by atoms with Crippen molar-refractivity contribution in [3.63, 3.8) is 0 Å². The number of esters is 1. The third kappa shape index (κ3) is 2.50. The van der Waals surface area contributed by atoms with Crippen LogP contribution in [0.1, 0.15) is 42.5 Å². The molecule has 1 heterocycles. The number of benzene rings is 1. The molecule has 1 aliphatic heterocycles. The molecular weight excluding hydrogens is 261 g/mol. The van der Waals surface area contributed by atoms with Gasteiger partial charge in [-0.2, -0.15) is 0 Å². The summed E-state index contributed by atoms with van der Waals surface area (Å²) in [5, 5.41) is 0. The summed E-state index contributed by atoms with van der Waals surface area (Å²) < 4.78 is 24.4. The second-order valence-electron chi connectivity index (χ2n) is 5.64. The largest absolute Gasteiger partial charge is 0.459 e. The molecule has 1 aliphatic carbocycles. The highest BCUT2D eigenvalue weighted by molar-refractivity contribution is 5.90. The number of halogens is 1. The quantitative estimate of drug-likeness (QED) is 0.668. The lowest BCUT2D eigenvalue weighted by Gasteiger charge is -2.46. The second kappa shape index (κ2) is 5.05. The molecule has 0 radical (unpaired) electrons. The molecule has 1 spiro atoms. The first kappa shape index (κ1) is 13.4. The Kier molecular flexibility index (Phi) is 3.38. The minimum Gasteiger partial charge on any atom is -0.459 e. The van der Waals surface area contributed by atoms with Crippen molar-refractivity contribution >= 4 is 11.7 Å². The normalized spacial score (nSPS) is 24.1. The molecule has 0 bridgehead atoms. The molecule has 0 aromatic heterocycles. The fourth-order valence-corrected chi connectivity index (χ4v) is 2.89. The number of nitrogens with two attached hydrogens (primary N) is 1. The first-order chi connectivity index (χ1) is 9.58. The highest BCUT2D eigenvalue weighted by Gasteiger charge is 2.43. The van der Waals surface area contributed by atoms with E-state index in [1.54, 1.807) is 0 Å². The van der Waals surface area contributed by atoms with Gasteiger partial charge in [-0.05, 0) is 37.5 Å². The maximum Gasteiger partial charge on any atom is 0.338 e. The predicted molar refractivity (Wildman–Crippen MR) is 71.8 cm³/mol. The van der Waals surface area contributed by atoms with Crippen molar-refractivity contribution in [2.24, 2.45) is 0 Å². The summed E-state index contributed by atoms with van der Waals surface area (Å²) in [6, 6.07) is 3.89. The van der Waals surface area contributed by atoms with Gasteiger partial charge in [0.1, 0.15) is 11.9 Å². The summed E-state index contributed by atoms with van der Waals surface area (Å²) in [6.07, 6.45) is 4.62. The molecule has 0 amide bonds. The van der Waals surface area contributed by atoms with Crippen LogP contribution in [0.5, 0.6) is 0 Å². The lowest BCUT2D eigenvalue weighted by molar-refractivity contribution is -0.159. The van der Waals surface area contributed by atoms with Crippen LogP contribution in [-0.4, -0.2) is 24.3 Å². The Morgan fingerprint density at radius 2 is 2.25 bits per heavy atom. The van der Waals surface area contributed by atoms with Gasteiger partial charge in [0.25, 0.3) is 0 Å². The van der Waals surface area contributed by atoms with Gasteiger partial charge in [-0.3, -0.25) is 0 Å². The van der Waals surface area contributed by atoms with Crippen LogP contribution < -0.4 is 5.73 Å². The van der Waals surface area contributed by atoms with Crippen molar-refractivity contribution in [2.75, 3.05) is 12.3 Å². The molecular formula is C15H18FNO3. The number of carbonyl (C=O) groups is 1. The van der Waals surface area contributed by atoms with Crippen molar-refractivity contribution in [3.05, 3.63) is 29.6 Å². The molecule has 108 valence electrons. The molecule has 1 aromatic carbocycles. The first-order valence-electron chi connectivity index (χ1n) is 6.98. The first-order valence-corrected chi connectivity index (χ1v) is 6.98. The van der Waals surface area contributed by atoms with Crippen molar-refractivity contribution in [1.82, 2.24) is 0 Å². The molecule has 2 aliphatic rings. The fourth-order valence-electron chi connectivity index (χ4n) is 2.89. The number of nitrogen functional groups attached to an aromatic ring is 1. The average molecular weight is 279 g/mol. The highest BCUT2D eigenvalue weighted by Crippen LogP contribution is 2.43. The topological polar surface area (TPSA) is 61.6 Å². The Morgan fingerprint density at radius 1 is 1.45 bits per heavy atom. The molecule has 4 nitrogen and oxygen atoms in total. The van der Waals surface area contributed by atoms with Gasteiger partial charge in [-0.15, -0.1) is 0 Å². The zero-order valence-corrected chi connectivity index (χ0v) is 11.2. The van der Waals surface area contributed by atoms with Crippen LogP contribution in [0.3, 0.4) is 0 Å². The summed E-state index contributed by atoms with van der Waals surface area (Å²) in [5.41, 5.74) is 5.65. The summed E-state index contributed by atoms with van der Waals surface area (Å²) in [7, 11) is 0. The maximum atomic E-state index is 13.1. The van der Waals surface area contributed by atoms with E-state index in [0.717, 1.165) is 19.3 Å². The molecule has 1 aromatic rings. The smallest absolute Gasteiger partial charge is 0.338 e. The van der Waals surface area contributed by atoms with Gasteiger partial charge in [0.05, 0.1) is 23.5 Å². The minimum atomic E-state index is -0.527. The van der Waals surface area contributed by atoms with E-state index >= 15 is 0 Å². The van der Waals surface area contributed by atoms with E-state index in [9.17, 15) is 9.18 Å². The molecule has 20 heavy (non-hydrogen) atoms. The highest BCUT2D eigenvalue weighted by atomic mass is 19.1. The van der Waals surface area contributed by atoms with Crippen LogP contribution in [0.25, 0.3) is 0 Å². The number of hydrogen-bond donors (Lipinski definition) is 1. The van der Waals surface area contributed by atoms with Crippen LogP contribution in [0.4, 0.5) is 10.1 Å². The monoisotopic (exact) mass is 279 g/mol. The molecule has 5 heteroatoms. The Balaban J connectivity index is 1.64. The summed E-state index contributed by atoms with van der Waals surface area (Å²) in [5.74, 6) is -0.973. The van der Waals surface area contributed by atoms with E-state index in [1.807, 2.05) is 0 Å². The number of ether oxygens (including phenoxy) is 2. The Bertz CT molecular complexity index is 528. The van der Waals surface area contributed by atoms with Gasteiger partial charge in [-0.1, -0.05) is 0 Å². The lowest BCUT2D eigenvalue weighted by atomic mass is 9.74. The van der Waals surface area contributed by atoms with Gasteiger partial charge in [-0.25, -0.2) is 9.18 Å². The van der Waals surface area contributed by atoms with Crippen molar-refractivity contribution in [1.29, 1.82) is 0 Å². The Hall–Kier alpha value is -1.62. The summed E-state index contributed by atoms with van der Waals surface area (Å²) in [6.45, 7) is 0.628. The van der Waals surface area contributed by atoms with Crippen LogP contribution >= 0.6 is 0 Å². The van der Waals surface area contributed by atoms with Crippen molar-refractivity contribution in [3.8, 4) is 0 Å². The summed E-state index contributed by atoms with van der Waals surface area (Å²) >= 11 is 0. The molecule has 3 rings (SSSR count). The maximum absolute atomic E-state index is 13.1. The van der Waals surface area contributed by atoms with Crippen LogP contribution in [0, 0.1) is 5.82 Å². The number of carbonyl (C=O) groups excluding carboxylic acids is 1. The minimum absolute atomic E-state index is 0.0399. The van der Waals surface area contributed by atoms with Crippen LogP contribution in [0.2, 0.25) is 0 Å². The van der Waals surface area contributed by atoms with Gasteiger partial charge in [0, 0.05) is 12.8 Å². The zero-order valence-electron chi connectivity index (χ0n) is 11.2. The summed E-state index contributed by atoms with van der Waals surface area (Å²) in [4.78, 5) is 12.1. The van der Waals surface area contributed by atoms with Gasteiger partial charge in [0.2, 0.25) is 0 Å². The van der Waals surface area contributed by atoms with E-state index in [1.165, 1.54) is 24.6 Å². The lowest BCUT2D eigenvalue weighted by Crippen LogP contribution is -2.48. The molecule has 1 saturated carbocycles. The fraction of sp³-hybridized carbons (Fsp3) is 0.533. The van der Waals surface area contributed by atoms with Gasteiger partial charge < -0.3 is 15.2 Å². The van der Waals surface area contributed by atoms with Crippen molar-refractivity contribution < 1.29 is 18.7 Å². The Morgan fingerprint density at radius 3 is 2.90 bits per heavy atom. The number of rotatable bonds is 2. The molecule has 2 N–H and O–H groups in total. The van der Waals surface area contributed by atoms with E-state index in [2.05, 4.69) is 0 Å². The second-order valence-corrected chi connectivity index (χ2v) is 5.64. The van der Waals surface area contributed by atoms with Crippen LogP contribution in [0.15, 0.2) is 18.2 Å². The van der Waals surface area contributed by atoms with E-state index in [-0.39, 0.29) is 23.0 Å². The van der Waals surface area contributed by atoms with Gasteiger partial charge in [0.15, 0.2) is 0 Å².